The Kier molecular flexibility index (Phi) is 13.7. The van der Waals surface area contributed by atoms with Gasteiger partial charge in [-0.2, -0.15) is 0 Å². The predicted octanol–water partition coefficient (Wildman–Crippen LogP) is 2.48. The van der Waals surface area contributed by atoms with Gasteiger partial charge in [-0.05, 0) is 68.5 Å². The van der Waals surface area contributed by atoms with Crippen LogP contribution in [0.2, 0.25) is 0 Å². The van der Waals surface area contributed by atoms with Gasteiger partial charge < -0.3 is 44.9 Å². The highest BCUT2D eigenvalue weighted by Gasteiger charge is 2.45. The number of H-pyrrole nitrogens is 1. The van der Waals surface area contributed by atoms with Gasteiger partial charge >= 0.3 is 0 Å². The number of aromatic amines is 1. The monoisotopic (exact) mass is 723 g/mol. The molecule has 2 saturated heterocycles. The fraction of sp³-hybridized carbons (Fsp3) is 0.590. The van der Waals surface area contributed by atoms with Gasteiger partial charge in [0.15, 0.2) is 0 Å². The van der Waals surface area contributed by atoms with Gasteiger partial charge in [0, 0.05) is 62.4 Å². The van der Waals surface area contributed by atoms with Crippen LogP contribution in [0.15, 0.2) is 48.5 Å². The molecule has 3 aromatic rings. The van der Waals surface area contributed by atoms with E-state index in [2.05, 4.69) is 58.5 Å². The SMILES string of the molecule is Cc1cc(OCCCNC(C)(C)CC(=O)N2CCN(Cc3ccccc3)CC2)ccc1Cc1c(O[C@@H]2O[C@H](CO)[C@@H](O)[C@H](O)[C@H]2O)n[nH]c1C(C)C. The second-order valence-corrected chi connectivity index (χ2v) is 15.0. The summed E-state index contributed by atoms with van der Waals surface area (Å²) in [6.45, 7) is 15.1. The Labute approximate surface area is 306 Å². The molecule has 13 nitrogen and oxygen atoms in total. The number of carbonyl (C=O) groups excluding carboxylic acids is 1. The van der Waals surface area contributed by atoms with Gasteiger partial charge in [-0.15, -0.1) is 5.10 Å². The van der Waals surface area contributed by atoms with Crippen molar-refractivity contribution < 1.29 is 39.4 Å². The molecular weight excluding hydrogens is 666 g/mol. The summed E-state index contributed by atoms with van der Waals surface area (Å²) >= 11 is 0. The average molecular weight is 724 g/mol. The molecular formula is C39H57N5O8. The maximum absolute atomic E-state index is 13.1. The van der Waals surface area contributed by atoms with E-state index in [1.54, 1.807) is 0 Å². The number of aliphatic hydroxyl groups excluding tert-OH is 4. The molecule has 1 aromatic heterocycles. The molecule has 0 spiro atoms. The van der Waals surface area contributed by atoms with Gasteiger partial charge in [-0.3, -0.25) is 14.8 Å². The molecule has 6 N–H and O–H groups in total. The highest BCUT2D eigenvalue weighted by Crippen LogP contribution is 2.32. The third kappa shape index (κ3) is 10.3. The van der Waals surface area contributed by atoms with Gasteiger partial charge in [0.1, 0.15) is 30.2 Å². The predicted molar refractivity (Wildman–Crippen MR) is 196 cm³/mol. The second kappa shape index (κ2) is 18.0. The third-order valence-electron chi connectivity index (χ3n) is 9.96. The van der Waals surface area contributed by atoms with Crippen LogP contribution in [0.25, 0.3) is 0 Å². The zero-order valence-electron chi connectivity index (χ0n) is 31.1. The lowest BCUT2D eigenvalue weighted by Crippen LogP contribution is -2.60. The highest BCUT2D eigenvalue weighted by atomic mass is 16.7. The van der Waals surface area contributed by atoms with Gasteiger partial charge in [0.25, 0.3) is 0 Å². The first-order chi connectivity index (χ1) is 24.8. The Hall–Kier alpha value is -3.56. The molecule has 3 heterocycles. The van der Waals surface area contributed by atoms with Crippen LogP contribution in [0.5, 0.6) is 11.6 Å². The summed E-state index contributed by atoms with van der Waals surface area (Å²) in [6.07, 6.45) is -5.28. The number of piperazine rings is 1. The minimum Gasteiger partial charge on any atom is -0.494 e. The fourth-order valence-corrected chi connectivity index (χ4v) is 6.77. The molecule has 2 fully saturated rings. The van der Waals surface area contributed by atoms with E-state index in [9.17, 15) is 25.2 Å². The molecule has 13 heteroatoms. The molecule has 2 aliphatic heterocycles. The second-order valence-electron chi connectivity index (χ2n) is 15.0. The van der Waals surface area contributed by atoms with Crippen molar-refractivity contribution in [2.45, 2.75) is 103 Å². The van der Waals surface area contributed by atoms with Crippen molar-refractivity contribution in [1.29, 1.82) is 0 Å². The largest absolute Gasteiger partial charge is 0.494 e. The van der Waals surface area contributed by atoms with E-state index in [0.29, 0.717) is 19.4 Å². The number of benzene rings is 2. The molecule has 5 atom stereocenters. The quantitative estimate of drug-likeness (QED) is 0.120. The number of nitrogens with zero attached hydrogens (tertiary/aromatic N) is 3. The van der Waals surface area contributed by atoms with Crippen LogP contribution in [0.4, 0.5) is 0 Å². The lowest BCUT2D eigenvalue weighted by atomic mass is 9.96. The first kappa shape index (κ1) is 39.6. The molecule has 5 rings (SSSR count). The van der Waals surface area contributed by atoms with E-state index in [4.69, 9.17) is 14.2 Å². The van der Waals surface area contributed by atoms with E-state index in [1.165, 1.54) is 5.56 Å². The van der Waals surface area contributed by atoms with Gasteiger partial charge in [0.2, 0.25) is 18.1 Å². The maximum atomic E-state index is 13.1. The Bertz CT molecular complexity index is 1570. The van der Waals surface area contributed by atoms with E-state index >= 15 is 0 Å². The molecule has 286 valence electrons. The summed E-state index contributed by atoms with van der Waals surface area (Å²) in [7, 11) is 0. The number of aliphatic hydroxyl groups is 4. The summed E-state index contributed by atoms with van der Waals surface area (Å²) < 4.78 is 17.6. The highest BCUT2D eigenvalue weighted by molar-refractivity contribution is 5.77. The maximum Gasteiger partial charge on any atom is 0.238 e. The van der Waals surface area contributed by atoms with Crippen LogP contribution in [0.3, 0.4) is 0 Å². The van der Waals surface area contributed by atoms with Crippen molar-refractivity contribution in [2.75, 3.05) is 45.9 Å². The number of carbonyl (C=O) groups is 1. The molecule has 1 amide bonds. The number of nitrogens with one attached hydrogen (secondary N) is 2. The summed E-state index contributed by atoms with van der Waals surface area (Å²) in [4.78, 5) is 17.5. The van der Waals surface area contributed by atoms with E-state index in [0.717, 1.165) is 73.8 Å². The first-order valence-corrected chi connectivity index (χ1v) is 18.4. The topological polar surface area (TPSA) is 173 Å². The van der Waals surface area contributed by atoms with Crippen LogP contribution in [0.1, 0.15) is 74.4 Å². The van der Waals surface area contributed by atoms with Crippen molar-refractivity contribution in [3.63, 3.8) is 0 Å². The molecule has 0 aliphatic carbocycles. The Balaban J connectivity index is 1.07. The van der Waals surface area contributed by atoms with E-state index in [1.807, 2.05) is 49.9 Å². The standard InChI is InChI=1S/C39H57N5O8/c1-25(2)33-30(37(42-41-33)52-38-36(49)35(48)34(47)31(24-45)51-38)21-28-12-13-29(20-26(28)3)50-19-9-14-40-39(4,5)22-32(46)44-17-15-43(16-18-44)23-27-10-7-6-8-11-27/h6-8,10-13,20,25,31,34-36,38,40,45,47-49H,9,14-19,21-24H2,1-5H3,(H,41,42)/t31-,34-,35+,36-,38+/m1/s1. The zero-order chi connectivity index (χ0) is 37.4. The first-order valence-electron chi connectivity index (χ1n) is 18.4. The van der Waals surface area contributed by atoms with E-state index < -0.39 is 37.3 Å². The average Bonchev–Trinajstić information content (AvgIpc) is 3.52. The van der Waals surface area contributed by atoms with Crippen molar-refractivity contribution in [2.24, 2.45) is 0 Å². The smallest absolute Gasteiger partial charge is 0.238 e. The summed E-state index contributed by atoms with van der Waals surface area (Å²) in [5.41, 5.74) is 4.66. The van der Waals surface area contributed by atoms with E-state index in [-0.39, 0.29) is 23.2 Å². The number of aryl methyl sites for hydroxylation is 1. The summed E-state index contributed by atoms with van der Waals surface area (Å²) in [5, 5.41) is 51.3. The summed E-state index contributed by atoms with van der Waals surface area (Å²) in [5.74, 6) is 1.25. The Morgan fingerprint density at radius 3 is 2.46 bits per heavy atom. The molecule has 2 aromatic carbocycles. The van der Waals surface area contributed by atoms with Crippen molar-refractivity contribution in [3.8, 4) is 11.6 Å². The normalized spacial score (nSPS) is 22.9. The summed E-state index contributed by atoms with van der Waals surface area (Å²) in [6, 6.07) is 16.4. The molecule has 2 aliphatic rings. The molecule has 52 heavy (non-hydrogen) atoms. The third-order valence-corrected chi connectivity index (χ3v) is 9.96. The minimum absolute atomic E-state index is 0.0927. The number of aromatic nitrogens is 2. The van der Waals surface area contributed by atoms with Crippen molar-refractivity contribution in [1.82, 2.24) is 25.3 Å². The Morgan fingerprint density at radius 2 is 1.79 bits per heavy atom. The lowest BCUT2D eigenvalue weighted by molar-refractivity contribution is -0.278. The van der Waals surface area contributed by atoms with Crippen LogP contribution < -0.4 is 14.8 Å². The molecule has 0 saturated carbocycles. The Morgan fingerprint density at radius 1 is 1.06 bits per heavy atom. The molecule has 0 radical (unpaired) electrons. The lowest BCUT2D eigenvalue weighted by Gasteiger charge is -2.39. The van der Waals surface area contributed by atoms with Crippen molar-refractivity contribution >= 4 is 5.91 Å². The van der Waals surface area contributed by atoms with Gasteiger partial charge in [-0.25, -0.2) is 0 Å². The molecule has 0 bridgehead atoms. The van der Waals surface area contributed by atoms with Crippen LogP contribution >= 0.6 is 0 Å². The minimum atomic E-state index is -1.55. The fourth-order valence-electron chi connectivity index (χ4n) is 6.77. The number of amides is 1. The molecule has 0 unspecified atom stereocenters. The van der Waals surface area contributed by atoms with Gasteiger partial charge in [-0.1, -0.05) is 50.2 Å². The number of hydrogen-bond acceptors (Lipinski definition) is 11. The number of hydrogen-bond donors (Lipinski definition) is 6. The number of ether oxygens (including phenoxy) is 3. The zero-order valence-corrected chi connectivity index (χ0v) is 31.1. The van der Waals surface area contributed by atoms with Gasteiger partial charge in [0.05, 0.1) is 13.2 Å². The number of rotatable bonds is 16. The van der Waals surface area contributed by atoms with Crippen LogP contribution in [0, 0.1) is 6.92 Å². The van der Waals surface area contributed by atoms with Crippen molar-refractivity contribution in [3.05, 3.63) is 76.5 Å². The van der Waals surface area contributed by atoms with Crippen LogP contribution in [-0.2, 0) is 22.5 Å². The van der Waals surface area contributed by atoms with Crippen LogP contribution in [-0.4, -0.2) is 129 Å².